The molecule has 1 aliphatic carbocycles. The lowest BCUT2D eigenvalue weighted by Gasteiger charge is -2.46. The molecule has 4 aliphatic heterocycles. The number of aromatic nitrogens is 2. The molecule has 4 fully saturated rings. The third kappa shape index (κ3) is 8.95. The van der Waals surface area contributed by atoms with Crippen LogP contribution in [0.4, 0.5) is 16.4 Å². The monoisotopic (exact) mass is 974 g/mol. The Morgan fingerprint density at radius 1 is 0.778 bits per heavy atom. The molecule has 1 saturated carbocycles. The van der Waals surface area contributed by atoms with Crippen LogP contribution in [0, 0.1) is 17.8 Å². The van der Waals surface area contributed by atoms with E-state index in [2.05, 4.69) is 21.8 Å². The van der Waals surface area contributed by atoms with Crippen molar-refractivity contribution in [1.29, 1.82) is 0 Å². The average molecular weight is 975 g/mol. The van der Waals surface area contributed by atoms with Gasteiger partial charge in [-0.1, -0.05) is 97.5 Å². The van der Waals surface area contributed by atoms with Crippen molar-refractivity contribution in [3.05, 3.63) is 149 Å². The van der Waals surface area contributed by atoms with E-state index in [1.165, 1.54) is 7.11 Å². The maximum Gasteiger partial charge on any atom is 0.421 e. The fourth-order valence-corrected chi connectivity index (χ4v) is 11.6. The molecule has 5 aromatic rings. The van der Waals surface area contributed by atoms with Crippen molar-refractivity contribution in [3.8, 4) is 17.6 Å². The second-order valence-electron chi connectivity index (χ2n) is 18.9. The molecule has 5 aliphatic rings. The van der Waals surface area contributed by atoms with E-state index in [9.17, 15) is 15.0 Å². The van der Waals surface area contributed by atoms with Crippen LogP contribution < -0.4 is 14.5 Å². The van der Waals surface area contributed by atoms with Crippen LogP contribution in [0.25, 0.3) is 0 Å². The highest BCUT2D eigenvalue weighted by atomic mass is 16.6. The molecule has 6 unspecified atom stereocenters. The van der Waals surface area contributed by atoms with E-state index < -0.39 is 65.0 Å². The van der Waals surface area contributed by atoms with Crippen LogP contribution in [-0.2, 0) is 34.0 Å². The van der Waals surface area contributed by atoms with Gasteiger partial charge in [-0.05, 0) is 84.3 Å². The van der Waals surface area contributed by atoms with Gasteiger partial charge in [-0.2, -0.15) is 0 Å². The minimum atomic E-state index is -2.07. The number of amides is 3. The number of rotatable bonds is 11. The van der Waals surface area contributed by atoms with Crippen LogP contribution in [0.3, 0.4) is 0 Å². The van der Waals surface area contributed by atoms with E-state index in [1.54, 1.807) is 59.8 Å². The number of imide groups is 1. The second-order valence-corrected chi connectivity index (χ2v) is 18.9. The molecule has 16 nitrogen and oxygen atoms in total. The summed E-state index contributed by atoms with van der Waals surface area (Å²) in [6.07, 6.45) is 6.06. The molecule has 2 N–H and O–H groups in total. The van der Waals surface area contributed by atoms with Crippen LogP contribution in [0.5, 0.6) is 5.75 Å². The van der Waals surface area contributed by atoms with Crippen molar-refractivity contribution in [1.82, 2.24) is 19.8 Å². The Balaban J connectivity index is 1.24. The third-order valence-corrected chi connectivity index (χ3v) is 14.8. The Morgan fingerprint density at radius 2 is 1.47 bits per heavy atom. The molecule has 372 valence electrons. The number of aliphatic hydroxyl groups excluding tert-OH is 1. The number of hydrogen-bond acceptors (Lipinski definition) is 14. The number of esters is 1. The van der Waals surface area contributed by atoms with E-state index in [-0.39, 0.29) is 50.8 Å². The maximum absolute atomic E-state index is 16.7. The van der Waals surface area contributed by atoms with Crippen LogP contribution in [0.15, 0.2) is 122 Å². The van der Waals surface area contributed by atoms with Gasteiger partial charge in [-0.3, -0.25) is 19.3 Å². The van der Waals surface area contributed by atoms with Crippen LogP contribution in [0.2, 0.25) is 0 Å². The summed E-state index contributed by atoms with van der Waals surface area (Å²) in [4.78, 5) is 78.8. The lowest BCUT2D eigenvalue weighted by atomic mass is 9.64. The van der Waals surface area contributed by atoms with Crippen molar-refractivity contribution in [2.24, 2.45) is 5.92 Å². The van der Waals surface area contributed by atoms with Gasteiger partial charge in [0.2, 0.25) is 17.8 Å². The Kier molecular flexibility index (Phi) is 14.1. The van der Waals surface area contributed by atoms with E-state index in [4.69, 9.17) is 18.9 Å². The number of carbonyl (C=O) groups is 4. The molecule has 16 heteroatoms. The molecule has 3 amide bonds. The Hall–Kier alpha value is -7.16. The Labute approximate surface area is 418 Å². The predicted molar refractivity (Wildman–Crippen MR) is 265 cm³/mol. The molecule has 72 heavy (non-hydrogen) atoms. The summed E-state index contributed by atoms with van der Waals surface area (Å²) in [6.45, 7) is 0.689. The van der Waals surface area contributed by atoms with Gasteiger partial charge < -0.3 is 39.0 Å². The van der Waals surface area contributed by atoms with E-state index in [1.807, 2.05) is 76.5 Å². The van der Waals surface area contributed by atoms with Gasteiger partial charge in [0.25, 0.3) is 0 Å². The van der Waals surface area contributed by atoms with Crippen LogP contribution >= 0.6 is 0 Å². The molecule has 0 bridgehead atoms. The van der Waals surface area contributed by atoms with Gasteiger partial charge in [-0.15, -0.1) is 0 Å². The molecule has 1 aromatic heterocycles. The van der Waals surface area contributed by atoms with Gasteiger partial charge in [0.15, 0.2) is 0 Å². The highest BCUT2D eigenvalue weighted by Crippen LogP contribution is 2.66. The SMILES string of the molecule is COCCOC(=O)N1C(=O)C2(c3cc(C#CC4(O)CCCCCC4)ccc31)C(C(=O)N1CCN(c3ncccn3)CC1)C1C(=O)OC(c3ccccc3)C(c3ccccc3)N1C2c1cccc(OCCO)c1. The summed E-state index contributed by atoms with van der Waals surface area (Å²) >= 11 is 0. The summed E-state index contributed by atoms with van der Waals surface area (Å²) in [5.41, 5.74) is -0.498. The van der Waals surface area contributed by atoms with Crippen LogP contribution in [-0.4, -0.2) is 125 Å². The van der Waals surface area contributed by atoms with E-state index >= 15 is 14.4 Å². The smallest absolute Gasteiger partial charge is 0.421 e. The largest absolute Gasteiger partial charge is 0.491 e. The first-order valence-corrected chi connectivity index (χ1v) is 24.8. The first-order chi connectivity index (χ1) is 35.2. The highest BCUT2D eigenvalue weighted by Gasteiger charge is 2.76. The summed E-state index contributed by atoms with van der Waals surface area (Å²) in [5.74, 6) is 3.79. The van der Waals surface area contributed by atoms with E-state index in [0.717, 1.165) is 36.1 Å². The second kappa shape index (κ2) is 20.9. The van der Waals surface area contributed by atoms with E-state index in [0.29, 0.717) is 54.3 Å². The number of hydrogen-bond donors (Lipinski definition) is 2. The average Bonchev–Trinajstić information content (AvgIpc) is 3.75. The number of piperazine rings is 1. The lowest BCUT2D eigenvalue weighted by Crippen LogP contribution is -2.59. The van der Waals surface area contributed by atoms with Gasteiger partial charge >= 0.3 is 12.1 Å². The van der Waals surface area contributed by atoms with Crippen molar-refractivity contribution in [2.75, 3.05) is 69.5 Å². The molecule has 1 spiro atoms. The first-order valence-electron chi connectivity index (χ1n) is 24.8. The van der Waals surface area contributed by atoms with Crippen molar-refractivity contribution >= 4 is 35.5 Å². The number of anilines is 2. The maximum atomic E-state index is 16.7. The normalized spacial score (nSPS) is 24.7. The predicted octanol–water partition coefficient (Wildman–Crippen LogP) is 6.08. The fourth-order valence-electron chi connectivity index (χ4n) is 11.6. The standard InChI is InChI=1S/C56H58N6O10/c1-69-34-35-71-54(67)61-44-21-20-38(22-25-55(68)23-10-2-3-11-24-55)36-43(44)56(52(61)66)45(50(64)59-28-30-60(31-29-59)53-57-26-13-27-58-53)47-51(65)72-48(40-16-8-5-9-17-40)46(39-14-6-4-7-15-39)62(47)49(56)41-18-12-19-42(37-41)70-33-32-63/h4-9,12-21,26-27,36-37,45-49,63,68H,2-3,10-11,23-24,28-35H2,1H3. The summed E-state index contributed by atoms with van der Waals surface area (Å²) in [7, 11) is 1.47. The van der Waals surface area contributed by atoms with Gasteiger partial charge in [0.1, 0.15) is 42.1 Å². The molecular formula is C56H58N6O10. The van der Waals surface area contributed by atoms with Gasteiger partial charge in [-0.25, -0.2) is 19.7 Å². The molecule has 0 radical (unpaired) electrons. The fraction of sp³-hybridized carbons (Fsp3) is 0.393. The number of cyclic esters (lactones) is 1. The summed E-state index contributed by atoms with van der Waals surface area (Å²) in [5, 5.41) is 21.6. The molecular weight excluding hydrogens is 917 g/mol. The number of nitrogens with zero attached hydrogens (tertiary/aromatic N) is 6. The Morgan fingerprint density at radius 3 is 2.17 bits per heavy atom. The zero-order chi connectivity index (χ0) is 49.8. The minimum absolute atomic E-state index is 0.0288. The van der Waals surface area contributed by atoms with Gasteiger partial charge in [0, 0.05) is 51.2 Å². The third-order valence-electron chi connectivity index (χ3n) is 14.8. The molecule has 6 atom stereocenters. The zero-order valence-corrected chi connectivity index (χ0v) is 40.2. The number of benzene rings is 4. The summed E-state index contributed by atoms with van der Waals surface area (Å²) < 4.78 is 23.7. The van der Waals surface area contributed by atoms with Crippen molar-refractivity contribution in [2.45, 2.75) is 73.8 Å². The topological polar surface area (TPSA) is 184 Å². The Bertz CT molecular complexity index is 2830. The number of carbonyl (C=O) groups excluding carboxylic acids is 4. The molecule has 3 saturated heterocycles. The van der Waals surface area contributed by atoms with Crippen molar-refractivity contribution in [3.63, 3.8) is 0 Å². The number of ether oxygens (including phenoxy) is 4. The van der Waals surface area contributed by atoms with Crippen LogP contribution in [0.1, 0.15) is 84.5 Å². The first kappa shape index (κ1) is 48.5. The number of fused-ring (bicyclic) bond motifs is 3. The number of aliphatic hydroxyl groups is 2. The molecule has 10 rings (SSSR count). The quantitative estimate of drug-likeness (QED) is 0.0672. The highest BCUT2D eigenvalue weighted by molar-refractivity contribution is 6.23. The van der Waals surface area contributed by atoms with Gasteiger partial charge in [0.05, 0.1) is 36.9 Å². The number of morpholine rings is 1. The summed E-state index contributed by atoms with van der Waals surface area (Å²) in [6, 6.07) is 29.5. The number of methoxy groups -OCH3 is 1. The van der Waals surface area contributed by atoms with Crippen molar-refractivity contribution < 1.29 is 48.3 Å². The minimum Gasteiger partial charge on any atom is -0.491 e. The molecule has 5 heterocycles. The molecule has 4 aromatic carbocycles. The lowest BCUT2D eigenvalue weighted by molar-refractivity contribution is -0.179. The zero-order valence-electron chi connectivity index (χ0n) is 40.2.